The second-order valence-corrected chi connectivity index (χ2v) is 10.4. The number of carbonyl (C=O) groups is 2. The van der Waals surface area contributed by atoms with Gasteiger partial charge in [-0.2, -0.15) is 5.10 Å². The molecule has 0 unspecified atom stereocenters. The quantitative estimate of drug-likeness (QED) is 0.276. The van der Waals surface area contributed by atoms with Crippen molar-refractivity contribution in [3.63, 3.8) is 0 Å². The summed E-state index contributed by atoms with van der Waals surface area (Å²) < 4.78 is 38.5. The largest absolute Gasteiger partial charge is 0.383 e. The number of amides is 2. The normalized spacial score (nSPS) is 20.9. The van der Waals surface area contributed by atoms with Gasteiger partial charge in [0, 0.05) is 25.8 Å². The summed E-state index contributed by atoms with van der Waals surface area (Å²) in [7, 11) is 5.20. The summed E-state index contributed by atoms with van der Waals surface area (Å²) in [5.41, 5.74) is 11.3. The van der Waals surface area contributed by atoms with Gasteiger partial charge in [-0.25, -0.2) is 18.4 Å². The smallest absolute Gasteiger partial charge is 0.255 e. The molecule has 1 saturated heterocycles. The highest BCUT2D eigenvalue weighted by molar-refractivity contribution is 6.15. The number of carbonyl (C=O) groups excluding carboxylic acids is 2. The number of hydrogen-bond donors (Lipinski definition) is 2. The van der Waals surface area contributed by atoms with E-state index in [1.54, 1.807) is 9.47 Å². The Bertz CT molecular complexity index is 1550. The SMILES string of the molecule is C=CC(=O)N1C[C@@]([Si])(n2nc(C#Cc3c(F)cc4c(ncn4C4CC4)c3F)c(C(N)=O)c2N)C[C@@H]1COC. The van der Waals surface area contributed by atoms with Gasteiger partial charge in [0.2, 0.25) is 5.91 Å². The lowest BCUT2D eigenvalue weighted by Crippen LogP contribution is -2.41. The van der Waals surface area contributed by atoms with Crippen molar-refractivity contribution in [2.75, 3.05) is 26.0 Å². The lowest BCUT2D eigenvalue weighted by Gasteiger charge is -2.26. The molecule has 4 N–H and O–H groups in total. The number of ether oxygens (including phenoxy) is 1. The predicted octanol–water partition coefficient (Wildman–Crippen LogP) is 1.18. The van der Waals surface area contributed by atoms with E-state index in [0.29, 0.717) is 11.9 Å². The van der Waals surface area contributed by atoms with Gasteiger partial charge in [-0.1, -0.05) is 12.5 Å². The minimum absolute atomic E-state index is 0.00370. The van der Waals surface area contributed by atoms with Gasteiger partial charge in [-0.3, -0.25) is 9.59 Å². The summed E-state index contributed by atoms with van der Waals surface area (Å²) in [6.45, 7) is 3.89. The molecule has 3 radical (unpaired) electrons. The van der Waals surface area contributed by atoms with Crippen molar-refractivity contribution in [1.82, 2.24) is 24.2 Å². The van der Waals surface area contributed by atoms with E-state index in [0.717, 1.165) is 12.8 Å². The third kappa shape index (κ3) is 4.15. The maximum absolute atomic E-state index is 15.2. The molecule has 3 aromatic rings. The van der Waals surface area contributed by atoms with Gasteiger partial charge in [0.25, 0.3) is 5.91 Å². The highest BCUT2D eigenvalue weighted by atomic mass is 28.1. The van der Waals surface area contributed by atoms with Crippen LogP contribution in [0.25, 0.3) is 11.0 Å². The molecule has 1 aliphatic heterocycles. The minimum atomic E-state index is -1.04. The fourth-order valence-electron chi connectivity index (χ4n) is 4.91. The molecule has 1 aromatic carbocycles. The Kier molecular flexibility index (Phi) is 6.32. The van der Waals surface area contributed by atoms with Crippen molar-refractivity contribution in [2.45, 2.75) is 36.5 Å². The van der Waals surface area contributed by atoms with Crippen LogP contribution >= 0.6 is 0 Å². The first-order valence-electron chi connectivity index (χ1n) is 11.8. The molecule has 2 atom stereocenters. The molecule has 2 aliphatic rings. The molecule has 1 aliphatic carbocycles. The van der Waals surface area contributed by atoms with Crippen LogP contribution in [0, 0.1) is 23.5 Å². The van der Waals surface area contributed by atoms with E-state index in [4.69, 9.17) is 16.2 Å². The molecule has 2 amide bonds. The average molecular weight is 537 g/mol. The third-order valence-corrected chi connectivity index (χ3v) is 7.42. The number of halogens is 2. The number of nitrogens with zero attached hydrogens (tertiary/aromatic N) is 5. The van der Waals surface area contributed by atoms with E-state index < -0.39 is 28.3 Å². The number of aromatic nitrogens is 4. The lowest BCUT2D eigenvalue weighted by atomic mass is 10.1. The van der Waals surface area contributed by atoms with Gasteiger partial charge in [-0.15, -0.1) is 0 Å². The average Bonchev–Trinajstić information content (AvgIpc) is 3.40. The fourth-order valence-corrected chi connectivity index (χ4v) is 5.49. The Balaban J connectivity index is 1.56. The molecule has 10 nitrogen and oxygen atoms in total. The molecule has 1 saturated carbocycles. The number of anilines is 1. The second kappa shape index (κ2) is 9.37. The van der Waals surface area contributed by atoms with Gasteiger partial charge < -0.3 is 25.7 Å². The Labute approximate surface area is 220 Å². The number of primary amides is 1. The van der Waals surface area contributed by atoms with Crippen LogP contribution in [0.3, 0.4) is 0 Å². The number of fused-ring (bicyclic) bond motifs is 1. The number of benzene rings is 1. The lowest BCUT2D eigenvalue weighted by molar-refractivity contribution is -0.127. The number of hydrogen-bond acceptors (Lipinski definition) is 6. The molecule has 2 aromatic heterocycles. The fraction of sp³-hybridized carbons (Fsp3) is 0.360. The van der Waals surface area contributed by atoms with Crippen LogP contribution in [0.1, 0.15) is 46.9 Å². The molecule has 38 heavy (non-hydrogen) atoms. The zero-order valence-corrected chi connectivity index (χ0v) is 21.5. The number of nitrogens with two attached hydrogens (primary N) is 2. The summed E-state index contributed by atoms with van der Waals surface area (Å²) in [6, 6.07) is 1.04. The molecule has 0 bridgehead atoms. The highest BCUT2D eigenvalue weighted by Crippen LogP contribution is 2.38. The molecule has 0 spiro atoms. The van der Waals surface area contributed by atoms with Crippen molar-refractivity contribution >= 4 is 38.9 Å². The maximum Gasteiger partial charge on any atom is 0.255 e. The Morgan fingerprint density at radius 3 is 2.74 bits per heavy atom. The summed E-state index contributed by atoms with van der Waals surface area (Å²) >= 11 is 0. The monoisotopic (exact) mass is 536 g/mol. The van der Waals surface area contributed by atoms with Gasteiger partial charge >= 0.3 is 0 Å². The van der Waals surface area contributed by atoms with E-state index in [9.17, 15) is 14.0 Å². The van der Waals surface area contributed by atoms with Gasteiger partial charge in [-0.05, 0) is 31.3 Å². The number of rotatable bonds is 6. The molecule has 13 heteroatoms. The Hall–Kier alpha value is -4.02. The van der Waals surface area contributed by atoms with Crippen molar-refractivity contribution in [1.29, 1.82) is 0 Å². The Morgan fingerprint density at radius 2 is 2.11 bits per heavy atom. The van der Waals surface area contributed by atoms with Gasteiger partial charge in [0.1, 0.15) is 22.7 Å². The van der Waals surface area contributed by atoms with Crippen LogP contribution in [0.4, 0.5) is 14.6 Å². The molecular weight excluding hydrogens is 512 g/mol. The van der Waals surface area contributed by atoms with E-state index in [2.05, 4.69) is 38.7 Å². The van der Waals surface area contributed by atoms with Crippen molar-refractivity contribution < 1.29 is 23.1 Å². The molecule has 3 heterocycles. The van der Waals surface area contributed by atoms with Crippen LogP contribution in [-0.2, 0) is 14.7 Å². The summed E-state index contributed by atoms with van der Waals surface area (Å²) in [6.07, 6.45) is 4.85. The highest BCUT2D eigenvalue weighted by Gasteiger charge is 2.46. The number of nitrogen functional groups attached to an aromatic ring is 1. The predicted molar refractivity (Wildman–Crippen MR) is 135 cm³/mol. The van der Waals surface area contributed by atoms with Crippen LogP contribution in [0.5, 0.6) is 0 Å². The first-order chi connectivity index (χ1) is 18.1. The maximum atomic E-state index is 15.2. The van der Waals surface area contributed by atoms with E-state index in [1.165, 1.54) is 30.3 Å². The van der Waals surface area contributed by atoms with E-state index >= 15 is 4.39 Å². The number of imidazole rings is 1. The van der Waals surface area contributed by atoms with Crippen LogP contribution < -0.4 is 11.5 Å². The zero-order valence-electron chi connectivity index (χ0n) is 20.5. The topological polar surface area (TPSA) is 134 Å². The van der Waals surface area contributed by atoms with E-state index in [1.807, 2.05) is 0 Å². The van der Waals surface area contributed by atoms with Crippen molar-refractivity contribution in [3.05, 3.63) is 53.5 Å². The summed E-state index contributed by atoms with van der Waals surface area (Å²) in [5.74, 6) is 1.88. The van der Waals surface area contributed by atoms with Crippen LogP contribution in [0.15, 0.2) is 25.0 Å². The van der Waals surface area contributed by atoms with Crippen molar-refractivity contribution in [2.24, 2.45) is 5.73 Å². The Morgan fingerprint density at radius 1 is 1.37 bits per heavy atom. The standard InChI is InChI=1S/C25H24F2N7O3Si/c1-3-19(35)32-11-25(38,9-14(32)10-37-2)34-23(28)20(24(29)36)17(31-34)7-6-15-16(26)8-18-22(21(15)27)30-12-33(18)13-4-5-13/h3,8,12-14H,1,4-5,9-11,28H2,2H3,(H2,29,36)/t14-,25-/m1/s1. The zero-order chi connectivity index (χ0) is 27.4. The molecule has 195 valence electrons. The van der Waals surface area contributed by atoms with Gasteiger partial charge in [0.15, 0.2) is 11.5 Å². The van der Waals surface area contributed by atoms with Gasteiger partial charge in [0.05, 0.1) is 45.5 Å². The minimum Gasteiger partial charge on any atom is -0.383 e. The molecule has 2 fully saturated rings. The van der Waals surface area contributed by atoms with Crippen LogP contribution in [-0.4, -0.2) is 72.6 Å². The number of likely N-dealkylation sites (tertiary alicyclic amines) is 1. The summed E-state index contributed by atoms with van der Waals surface area (Å²) in [4.78, 5) is 30.4. The first kappa shape index (κ1) is 25.6. The first-order valence-corrected chi connectivity index (χ1v) is 12.3. The van der Waals surface area contributed by atoms with Crippen LogP contribution in [0.2, 0.25) is 0 Å². The number of methoxy groups -OCH3 is 1. The third-order valence-electron chi connectivity index (χ3n) is 6.84. The second-order valence-electron chi connectivity index (χ2n) is 9.45. The van der Waals surface area contributed by atoms with E-state index in [-0.39, 0.29) is 53.7 Å². The molecule has 5 rings (SSSR count). The van der Waals surface area contributed by atoms with Crippen molar-refractivity contribution in [3.8, 4) is 11.8 Å². The summed E-state index contributed by atoms with van der Waals surface area (Å²) in [5, 5.41) is 3.33. The molecular formula is C25H24F2N7O3Si.